The zero-order valence-electron chi connectivity index (χ0n) is 17.5. The van der Waals surface area contributed by atoms with Crippen molar-refractivity contribution in [2.45, 2.75) is 25.8 Å². The summed E-state index contributed by atoms with van der Waals surface area (Å²) in [6.45, 7) is 3.85. The smallest absolute Gasteiger partial charge is 0.271 e. The molecule has 5 rings (SSSR count). The average molecular weight is 429 g/mol. The SMILES string of the molecule is CN1CCCN(C(=O)c2cc3c(c4ccccc4n3CC3CC3)n2S(C)(=O)=O)CC1. The standard InChI is InChI=1S/C22H28N4O3S/c1-23-10-5-11-24(13-12-23)22(27)20-14-19-21(26(20)30(2,28)29)17-6-3-4-7-18(17)25(19)15-16-8-9-16/h3-4,6-7,14,16H,5,8-13,15H2,1-2H3. The molecule has 0 N–H and O–H groups in total. The van der Waals surface area contributed by atoms with Gasteiger partial charge in [-0.05, 0) is 50.9 Å². The molecule has 2 aliphatic rings. The molecule has 1 saturated carbocycles. The van der Waals surface area contributed by atoms with Crippen molar-refractivity contribution in [3.05, 3.63) is 36.0 Å². The van der Waals surface area contributed by atoms with E-state index >= 15 is 0 Å². The van der Waals surface area contributed by atoms with E-state index in [9.17, 15) is 13.2 Å². The van der Waals surface area contributed by atoms with Crippen LogP contribution in [-0.2, 0) is 16.6 Å². The quantitative estimate of drug-likeness (QED) is 0.641. The topological polar surface area (TPSA) is 67.5 Å². The number of carbonyl (C=O) groups is 1. The Hall–Kier alpha value is -2.32. The van der Waals surface area contributed by atoms with Gasteiger partial charge in [0.2, 0.25) is 10.0 Å². The lowest BCUT2D eigenvalue weighted by molar-refractivity contribution is 0.0756. The van der Waals surface area contributed by atoms with Crippen molar-refractivity contribution >= 4 is 37.9 Å². The molecule has 30 heavy (non-hydrogen) atoms. The molecule has 1 saturated heterocycles. The number of rotatable bonds is 4. The van der Waals surface area contributed by atoms with Crippen LogP contribution >= 0.6 is 0 Å². The van der Waals surface area contributed by atoms with Crippen LogP contribution in [0, 0.1) is 5.92 Å². The Kier molecular flexibility index (Phi) is 4.67. The summed E-state index contributed by atoms with van der Waals surface area (Å²) in [6.07, 6.45) is 4.48. The number of likely N-dealkylation sites (N-methyl/N-ethyl adjacent to an activating group) is 1. The molecule has 0 bridgehead atoms. The molecular formula is C22H28N4O3S. The molecule has 2 fully saturated rings. The van der Waals surface area contributed by atoms with Crippen molar-refractivity contribution in [1.82, 2.24) is 18.3 Å². The number of benzene rings is 1. The Labute approximate surface area is 176 Å². The Morgan fingerprint density at radius 2 is 1.83 bits per heavy atom. The van der Waals surface area contributed by atoms with Gasteiger partial charge in [-0.25, -0.2) is 12.4 Å². The Morgan fingerprint density at radius 3 is 2.57 bits per heavy atom. The fourth-order valence-electron chi connectivity index (χ4n) is 4.63. The number of aromatic nitrogens is 2. The first-order valence-electron chi connectivity index (χ1n) is 10.7. The highest BCUT2D eigenvalue weighted by Crippen LogP contribution is 2.37. The summed E-state index contributed by atoms with van der Waals surface area (Å²) >= 11 is 0. The van der Waals surface area contributed by atoms with Gasteiger partial charge in [0.05, 0.1) is 22.8 Å². The predicted molar refractivity (Wildman–Crippen MR) is 118 cm³/mol. The van der Waals surface area contributed by atoms with Crippen LogP contribution in [0.2, 0.25) is 0 Å². The van der Waals surface area contributed by atoms with Gasteiger partial charge < -0.3 is 14.4 Å². The molecule has 3 heterocycles. The molecule has 8 heteroatoms. The maximum atomic E-state index is 13.5. The molecule has 1 aromatic carbocycles. The summed E-state index contributed by atoms with van der Waals surface area (Å²) in [4.78, 5) is 17.5. The van der Waals surface area contributed by atoms with E-state index in [1.165, 1.54) is 23.1 Å². The third-order valence-corrected chi connectivity index (χ3v) is 7.42. The van der Waals surface area contributed by atoms with Crippen LogP contribution in [0.3, 0.4) is 0 Å². The van der Waals surface area contributed by atoms with Crippen LogP contribution in [0.1, 0.15) is 29.8 Å². The van der Waals surface area contributed by atoms with Crippen LogP contribution in [0.5, 0.6) is 0 Å². The van der Waals surface area contributed by atoms with Crippen LogP contribution in [0.4, 0.5) is 0 Å². The summed E-state index contributed by atoms with van der Waals surface area (Å²) in [6, 6.07) is 9.70. The normalized spacial score (nSPS) is 18.9. The molecule has 3 aromatic rings. The minimum Gasteiger partial charge on any atom is -0.339 e. The third kappa shape index (κ3) is 3.32. The highest BCUT2D eigenvalue weighted by atomic mass is 32.2. The highest BCUT2D eigenvalue weighted by Gasteiger charge is 2.31. The van der Waals surface area contributed by atoms with Gasteiger partial charge in [-0.15, -0.1) is 0 Å². The highest BCUT2D eigenvalue weighted by molar-refractivity contribution is 7.89. The van der Waals surface area contributed by atoms with Crippen molar-refractivity contribution in [1.29, 1.82) is 0 Å². The van der Waals surface area contributed by atoms with E-state index in [0.29, 0.717) is 24.5 Å². The lowest BCUT2D eigenvalue weighted by Gasteiger charge is -2.21. The maximum Gasteiger partial charge on any atom is 0.271 e. The molecule has 1 amide bonds. The van der Waals surface area contributed by atoms with Gasteiger partial charge in [0.1, 0.15) is 5.69 Å². The number of nitrogens with zero attached hydrogens (tertiary/aromatic N) is 4. The van der Waals surface area contributed by atoms with Gasteiger partial charge in [0.25, 0.3) is 5.91 Å². The molecular weight excluding hydrogens is 400 g/mol. The van der Waals surface area contributed by atoms with E-state index in [1.807, 2.05) is 24.3 Å². The van der Waals surface area contributed by atoms with E-state index < -0.39 is 10.0 Å². The number of amides is 1. The van der Waals surface area contributed by atoms with Gasteiger partial charge in [0, 0.05) is 31.6 Å². The summed E-state index contributed by atoms with van der Waals surface area (Å²) in [7, 11) is -1.62. The van der Waals surface area contributed by atoms with Gasteiger partial charge in [0.15, 0.2) is 0 Å². The lowest BCUT2D eigenvalue weighted by atomic mass is 10.2. The second kappa shape index (κ2) is 7.13. The van der Waals surface area contributed by atoms with Gasteiger partial charge in [-0.1, -0.05) is 18.2 Å². The number of hydrogen-bond acceptors (Lipinski definition) is 4. The summed E-state index contributed by atoms with van der Waals surface area (Å²) in [5, 5.41) is 0.883. The van der Waals surface area contributed by atoms with E-state index in [2.05, 4.69) is 16.5 Å². The minimum absolute atomic E-state index is 0.200. The van der Waals surface area contributed by atoms with Crippen LogP contribution in [0.25, 0.3) is 21.9 Å². The number of fused-ring (bicyclic) bond motifs is 3. The van der Waals surface area contributed by atoms with Crippen molar-refractivity contribution in [2.75, 3.05) is 39.5 Å². The molecule has 2 aromatic heterocycles. The molecule has 160 valence electrons. The molecule has 0 radical (unpaired) electrons. The van der Waals surface area contributed by atoms with E-state index in [0.717, 1.165) is 42.5 Å². The monoisotopic (exact) mass is 428 g/mol. The van der Waals surface area contributed by atoms with Gasteiger partial charge in [-0.3, -0.25) is 4.79 Å². The Balaban J connectivity index is 1.71. The Morgan fingerprint density at radius 1 is 1.07 bits per heavy atom. The van der Waals surface area contributed by atoms with Gasteiger partial charge in [-0.2, -0.15) is 0 Å². The number of para-hydroxylation sites is 1. The number of carbonyl (C=O) groups excluding carboxylic acids is 1. The molecule has 0 unspecified atom stereocenters. The molecule has 7 nitrogen and oxygen atoms in total. The third-order valence-electron chi connectivity index (χ3n) is 6.37. The molecule has 0 spiro atoms. The van der Waals surface area contributed by atoms with Crippen LogP contribution < -0.4 is 0 Å². The number of hydrogen-bond donors (Lipinski definition) is 0. The van der Waals surface area contributed by atoms with Crippen molar-refractivity contribution in [2.24, 2.45) is 5.92 Å². The van der Waals surface area contributed by atoms with Crippen molar-refractivity contribution in [3.63, 3.8) is 0 Å². The minimum atomic E-state index is -3.67. The van der Waals surface area contributed by atoms with Crippen molar-refractivity contribution in [3.8, 4) is 0 Å². The first-order valence-corrected chi connectivity index (χ1v) is 12.5. The Bertz CT molecular complexity index is 1240. The second-order valence-electron chi connectivity index (χ2n) is 8.81. The van der Waals surface area contributed by atoms with Crippen LogP contribution in [-0.4, -0.2) is 72.1 Å². The first-order chi connectivity index (χ1) is 14.3. The second-order valence-corrected chi connectivity index (χ2v) is 10.6. The lowest BCUT2D eigenvalue weighted by Crippen LogP contribution is -2.36. The average Bonchev–Trinajstić information content (AvgIpc) is 3.41. The first kappa shape index (κ1) is 19.6. The fourth-order valence-corrected chi connectivity index (χ4v) is 5.64. The summed E-state index contributed by atoms with van der Waals surface area (Å²) in [5.41, 5.74) is 2.75. The maximum absolute atomic E-state index is 13.5. The molecule has 1 aliphatic heterocycles. The predicted octanol–water partition coefficient (Wildman–Crippen LogP) is 2.59. The van der Waals surface area contributed by atoms with E-state index in [1.54, 1.807) is 11.0 Å². The summed E-state index contributed by atoms with van der Waals surface area (Å²) in [5.74, 6) is 0.430. The van der Waals surface area contributed by atoms with E-state index in [4.69, 9.17) is 0 Å². The van der Waals surface area contributed by atoms with Gasteiger partial charge >= 0.3 is 0 Å². The molecule has 0 atom stereocenters. The summed E-state index contributed by atoms with van der Waals surface area (Å²) < 4.78 is 29.3. The van der Waals surface area contributed by atoms with Crippen LogP contribution in [0.15, 0.2) is 30.3 Å². The van der Waals surface area contributed by atoms with E-state index in [-0.39, 0.29) is 11.6 Å². The zero-order chi connectivity index (χ0) is 21.0. The zero-order valence-corrected chi connectivity index (χ0v) is 18.4. The van der Waals surface area contributed by atoms with Crippen molar-refractivity contribution < 1.29 is 13.2 Å². The fraction of sp³-hybridized carbons (Fsp3) is 0.500. The largest absolute Gasteiger partial charge is 0.339 e. The molecule has 1 aliphatic carbocycles.